The first-order valence-corrected chi connectivity index (χ1v) is 7.35. The van der Waals surface area contributed by atoms with Crippen LogP contribution >= 0.6 is 11.8 Å². The molecule has 0 aromatic carbocycles. The van der Waals surface area contributed by atoms with Crippen LogP contribution in [0.5, 0.6) is 0 Å². The number of ketones is 1. The van der Waals surface area contributed by atoms with Crippen LogP contribution in [0.1, 0.15) is 28.7 Å². The van der Waals surface area contributed by atoms with Crippen LogP contribution in [0.3, 0.4) is 0 Å². The molecular weight excluding hydrogens is 256 g/mol. The summed E-state index contributed by atoms with van der Waals surface area (Å²) in [4.78, 5) is 16.5. The highest BCUT2D eigenvalue weighted by Crippen LogP contribution is 2.20. The summed E-state index contributed by atoms with van der Waals surface area (Å²) in [5, 5.41) is 0.889. The molecule has 0 bridgehead atoms. The zero-order valence-electron chi connectivity index (χ0n) is 11.5. The highest BCUT2D eigenvalue weighted by molar-refractivity contribution is 7.99. The number of hydrogen-bond acceptors (Lipinski definition) is 3. The fourth-order valence-electron chi connectivity index (χ4n) is 2.22. The summed E-state index contributed by atoms with van der Waals surface area (Å²) in [5.41, 5.74) is 3.04. The lowest BCUT2D eigenvalue weighted by atomic mass is 10.2. The quantitative estimate of drug-likeness (QED) is 0.618. The van der Waals surface area contributed by atoms with Crippen molar-refractivity contribution in [1.82, 2.24) is 9.55 Å². The molecule has 0 aliphatic rings. The van der Waals surface area contributed by atoms with Gasteiger partial charge < -0.3 is 4.57 Å². The van der Waals surface area contributed by atoms with E-state index in [1.54, 1.807) is 6.20 Å². The summed E-state index contributed by atoms with van der Waals surface area (Å²) in [6, 6.07) is 7.72. The number of carbonyl (C=O) groups excluding carboxylic acids is 1. The molecule has 0 amide bonds. The number of Topliss-reactive ketones (excluding diaryl/α,β-unsaturated/α-hetero) is 1. The molecule has 0 N–H and O–H groups in total. The van der Waals surface area contributed by atoms with Gasteiger partial charge in [0.1, 0.15) is 0 Å². The second-order valence-corrected chi connectivity index (χ2v) is 5.40. The average molecular weight is 274 g/mol. The number of thioether (sulfide) groups is 1. The molecule has 0 atom stereocenters. The van der Waals surface area contributed by atoms with Gasteiger partial charge in [-0.2, -0.15) is 0 Å². The molecule has 0 unspecified atom stereocenters. The minimum atomic E-state index is 0.170. The highest BCUT2D eigenvalue weighted by atomic mass is 32.2. The van der Waals surface area contributed by atoms with Gasteiger partial charge in [-0.3, -0.25) is 4.79 Å². The third-order valence-electron chi connectivity index (χ3n) is 3.18. The van der Waals surface area contributed by atoms with E-state index in [0.29, 0.717) is 5.75 Å². The molecule has 0 spiro atoms. The maximum Gasteiger partial charge on any atom is 0.174 e. The molecule has 2 heterocycles. The Bertz CT molecular complexity index is 575. The summed E-state index contributed by atoms with van der Waals surface area (Å²) in [7, 11) is 0. The van der Waals surface area contributed by atoms with E-state index in [4.69, 9.17) is 0 Å². The molecule has 0 aliphatic carbocycles. The lowest BCUT2D eigenvalue weighted by molar-refractivity contribution is 0.102. The lowest BCUT2D eigenvalue weighted by Gasteiger charge is -2.05. The average Bonchev–Trinajstić information content (AvgIpc) is 2.72. The lowest BCUT2D eigenvalue weighted by Crippen LogP contribution is -2.05. The first kappa shape index (κ1) is 13.9. The van der Waals surface area contributed by atoms with Crippen molar-refractivity contribution < 1.29 is 4.79 Å². The van der Waals surface area contributed by atoms with Gasteiger partial charge >= 0.3 is 0 Å². The number of pyridine rings is 1. The maximum absolute atomic E-state index is 12.3. The molecule has 0 aliphatic heterocycles. The fourth-order valence-corrected chi connectivity index (χ4v) is 2.96. The Morgan fingerprint density at radius 2 is 2.16 bits per heavy atom. The standard InChI is InChI=1S/C15H18N2OS/c1-4-17-11(2)9-13(12(17)3)14(18)10-19-15-7-5-6-8-16-15/h5-9H,4,10H2,1-3H3. The normalized spacial score (nSPS) is 10.7. The van der Waals surface area contributed by atoms with E-state index in [9.17, 15) is 4.79 Å². The molecule has 0 saturated heterocycles. The molecule has 0 fully saturated rings. The van der Waals surface area contributed by atoms with Crippen molar-refractivity contribution in [1.29, 1.82) is 0 Å². The van der Waals surface area contributed by atoms with E-state index in [0.717, 1.165) is 28.5 Å². The Morgan fingerprint density at radius 1 is 1.37 bits per heavy atom. The molecule has 3 nitrogen and oxygen atoms in total. The third-order valence-corrected chi connectivity index (χ3v) is 4.12. The van der Waals surface area contributed by atoms with E-state index in [2.05, 4.69) is 16.5 Å². The number of carbonyl (C=O) groups is 1. The summed E-state index contributed by atoms with van der Waals surface area (Å²) in [6.45, 7) is 7.05. The molecule has 4 heteroatoms. The van der Waals surface area contributed by atoms with Gasteiger partial charge in [0.25, 0.3) is 0 Å². The SMILES string of the molecule is CCn1c(C)cc(C(=O)CSc2ccccn2)c1C. The van der Waals surface area contributed by atoms with Crippen LogP contribution in [0.15, 0.2) is 35.5 Å². The van der Waals surface area contributed by atoms with Gasteiger partial charge in [-0.1, -0.05) is 17.8 Å². The molecule has 100 valence electrons. The van der Waals surface area contributed by atoms with E-state index in [-0.39, 0.29) is 5.78 Å². The first-order chi connectivity index (χ1) is 9.13. The predicted octanol–water partition coefficient (Wildman–Crippen LogP) is 3.49. The van der Waals surface area contributed by atoms with Crippen LogP contribution < -0.4 is 0 Å². The predicted molar refractivity (Wildman–Crippen MR) is 78.9 cm³/mol. The van der Waals surface area contributed by atoms with Crippen molar-refractivity contribution in [2.24, 2.45) is 0 Å². The van der Waals surface area contributed by atoms with Crippen LogP contribution in [-0.4, -0.2) is 21.1 Å². The fraction of sp³-hybridized carbons (Fsp3) is 0.333. The Balaban J connectivity index is 2.08. The zero-order chi connectivity index (χ0) is 13.8. The van der Waals surface area contributed by atoms with Crippen LogP contribution in [0.25, 0.3) is 0 Å². The summed E-state index contributed by atoms with van der Waals surface area (Å²) < 4.78 is 2.17. The second-order valence-electron chi connectivity index (χ2n) is 4.41. The Kier molecular flexibility index (Phi) is 4.43. The number of aromatic nitrogens is 2. The van der Waals surface area contributed by atoms with E-state index >= 15 is 0 Å². The van der Waals surface area contributed by atoms with Crippen molar-refractivity contribution in [2.45, 2.75) is 32.3 Å². The smallest absolute Gasteiger partial charge is 0.174 e. The Labute approximate surface area is 118 Å². The summed E-state index contributed by atoms with van der Waals surface area (Å²) >= 11 is 1.48. The second kappa shape index (κ2) is 6.06. The third kappa shape index (κ3) is 3.07. The Morgan fingerprint density at radius 3 is 2.74 bits per heavy atom. The van der Waals surface area contributed by atoms with Gasteiger partial charge in [-0.05, 0) is 39.0 Å². The zero-order valence-corrected chi connectivity index (χ0v) is 12.3. The number of hydrogen-bond donors (Lipinski definition) is 0. The molecular formula is C15H18N2OS. The van der Waals surface area contributed by atoms with Crippen molar-refractivity contribution in [3.63, 3.8) is 0 Å². The van der Waals surface area contributed by atoms with Gasteiger partial charge in [0.2, 0.25) is 0 Å². The Hall–Kier alpha value is -1.55. The van der Waals surface area contributed by atoms with Crippen LogP contribution in [0.4, 0.5) is 0 Å². The van der Waals surface area contributed by atoms with Gasteiger partial charge in [0.15, 0.2) is 5.78 Å². The van der Waals surface area contributed by atoms with Gasteiger partial charge in [0, 0.05) is 29.7 Å². The monoisotopic (exact) mass is 274 g/mol. The number of aryl methyl sites for hydroxylation is 1. The highest BCUT2D eigenvalue weighted by Gasteiger charge is 2.15. The topological polar surface area (TPSA) is 34.9 Å². The van der Waals surface area contributed by atoms with Gasteiger partial charge in [-0.25, -0.2) is 4.98 Å². The number of rotatable bonds is 5. The maximum atomic E-state index is 12.3. The molecule has 19 heavy (non-hydrogen) atoms. The van der Waals surface area contributed by atoms with Crippen molar-refractivity contribution >= 4 is 17.5 Å². The van der Waals surface area contributed by atoms with Crippen LogP contribution in [-0.2, 0) is 6.54 Å². The van der Waals surface area contributed by atoms with E-state index in [1.165, 1.54) is 11.8 Å². The molecule has 0 radical (unpaired) electrons. The number of nitrogens with zero attached hydrogens (tertiary/aromatic N) is 2. The van der Waals surface area contributed by atoms with Crippen LogP contribution in [0.2, 0.25) is 0 Å². The van der Waals surface area contributed by atoms with E-state index < -0.39 is 0 Å². The van der Waals surface area contributed by atoms with Crippen molar-refractivity contribution in [2.75, 3.05) is 5.75 Å². The molecule has 2 aromatic heterocycles. The first-order valence-electron chi connectivity index (χ1n) is 6.37. The van der Waals surface area contributed by atoms with Crippen molar-refractivity contribution in [3.8, 4) is 0 Å². The van der Waals surface area contributed by atoms with Gasteiger partial charge in [-0.15, -0.1) is 0 Å². The van der Waals surface area contributed by atoms with E-state index in [1.807, 2.05) is 38.1 Å². The minimum absolute atomic E-state index is 0.170. The molecule has 0 saturated carbocycles. The van der Waals surface area contributed by atoms with Crippen molar-refractivity contribution in [3.05, 3.63) is 47.4 Å². The largest absolute Gasteiger partial charge is 0.349 e. The molecule has 2 rings (SSSR count). The summed E-state index contributed by atoms with van der Waals surface area (Å²) in [5.74, 6) is 0.605. The van der Waals surface area contributed by atoms with Gasteiger partial charge in [0.05, 0.1) is 10.8 Å². The summed E-state index contributed by atoms with van der Waals surface area (Å²) in [6.07, 6.45) is 1.75. The molecule has 2 aromatic rings. The minimum Gasteiger partial charge on any atom is -0.349 e. The van der Waals surface area contributed by atoms with Crippen LogP contribution in [0, 0.1) is 13.8 Å².